The van der Waals surface area contributed by atoms with E-state index >= 15 is 0 Å². The van der Waals surface area contributed by atoms with Crippen molar-refractivity contribution in [2.45, 2.75) is 102 Å². The average Bonchev–Trinajstić information content (AvgIpc) is 3.55. The third-order valence-electron chi connectivity index (χ3n) is 9.25. The summed E-state index contributed by atoms with van der Waals surface area (Å²) in [6, 6.07) is 9.90. The summed E-state index contributed by atoms with van der Waals surface area (Å²) in [7, 11) is 0. The molecule has 0 unspecified atom stereocenters. The van der Waals surface area contributed by atoms with Gasteiger partial charge in [0.25, 0.3) is 0 Å². The van der Waals surface area contributed by atoms with Gasteiger partial charge in [0, 0.05) is 37.0 Å². The molecule has 5 rings (SSSR count). The van der Waals surface area contributed by atoms with E-state index < -0.39 is 12.0 Å². The lowest BCUT2D eigenvalue weighted by molar-refractivity contribution is -0.139. The smallest absolute Gasteiger partial charge is 0.320 e. The van der Waals surface area contributed by atoms with Crippen molar-refractivity contribution in [3.63, 3.8) is 0 Å². The first-order valence-corrected chi connectivity index (χ1v) is 17.4. The van der Waals surface area contributed by atoms with E-state index in [4.69, 9.17) is 20.8 Å². The number of carbonyl (C=O) groups is 2. The van der Waals surface area contributed by atoms with Crippen molar-refractivity contribution >= 4 is 34.5 Å². The van der Waals surface area contributed by atoms with Gasteiger partial charge in [0.2, 0.25) is 11.9 Å². The zero-order valence-corrected chi connectivity index (χ0v) is 27.5. The highest BCUT2D eigenvalue weighted by atomic mass is 16.4. The lowest BCUT2D eigenvalue weighted by atomic mass is 9.95. The number of para-hydroxylation sites is 1. The lowest BCUT2D eigenvalue weighted by Gasteiger charge is -2.33. The summed E-state index contributed by atoms with van der Waals surface area (Å²) >= 11 is 0. The van der Waals surface area contributed by atoms with Crippen LogP contribution >= 0.6 is 0 Å². The van der Waals surface area contributed by atoms with E-state index in [2.05, 4.69) is 37.5 Å². The summed E-state index contributed by atoms with van der Waals surface area (Å²) in [5, 5.41) is 31.8. The molecule has 1 aliphatic heterocycles. The summed E-state index contributed by atoms with van der Waals surface area (Å²) in [4.78, 5) is 34.9. The normalized spacial score (nSPS) is 16.7. The first-order chi connectivity index (χ1) is 22.9. The number of carboxylic acid groups (broad SMARTS) is 1. The fraction of sp³-hybridized carbons (Fsp3) is 0.618. The molecular weight excluding hydrogens is 596 g/mol. The molecule has 0 spiro atoms. The molecule has 256 valence electrons. The molecule has 47 heavy (non-hydrogen) atoms. The second-order valence-corrected chi connectivity index (χ2v) is 12.9. The number of rotatable bonds is 18. The van der Waals surface area contributed by atoms with Crippen LogP contribution in [0.4, 0.5) is 11.8 Å². The summed E-state index contributed by atoms with van der Waals surface area (Å²) in [6.07, 6.45) is 11.8. The highest BCUT2D eigenvalue weighted by molar-refractivity contribution is 5.90. The second-order valence-electron chi connectivity index (χ2n) is 12.9. The highest BCUT2D eigenvalue weighted by Gasteiger charge is 2.25. The number of hydrogen-bond acceptors (Lipinski definition) is 10. The molecule has 2 aliphatic rings. The van der Waals surface area contributed by atoms with Gasteiger partial charge in [-0.1, -0.05) is 31.4 Å². The number of anilines is 2. The van der Waals surface area contributed by atoms with Gasteiger partial charge in [0.1, 0.15) is 11.9 Å². The molecule has 0 radical (unpaired) electrons. The van der Waals surface area contributed by atoms with Gasteiger partial charge in [0.05, 0.1) is 23.4 Å². The van der Waals surface area contributed by atoms with E-state index in [-0.39, 0.29) is 24.8 Å². The summed E-state index contributed by atoms with van der Waals surface area (Å²) < 4.78 is 0. The Balaban J connectivity index is 1.03. The predicted octanol–water partition coefficient (Wildman–Crippen LogP) is 3.39. The maximum atomic E-state index is 12.6. The number of aliphatic carboxylic acids is 1. The number of fused-ring (bicyclic) bond motifs is 1. The van der Waals surface area contributed by atoms with E-state index in [9.17, 15) is 9.59 Å². The van der Waals surface area contributed by atoms with Crippen molar-refractivity contribution in [1.29, 1.82) is 0 Å². The molecule has 13 nitrogen and oxygen atoms in total. The number of hydrogen-bond donors (Lipinski definition) is 7. The topological polar surface area (TPSA) is 186 Å². The van der Waals surface area contributed by atoms with Crippen LogP contribution in [0.25, 0.3) is 10.9 Å². The van der Waals surface area contributed by atoms with Crippen LogP contribution in [0.2, 0.25) is 0 Å². The summed E-state index contributed by atoms with van der Waals surface area (Å²) in [6.45, 7) is 4.86. The number of benzene rings is 1. The Hall–Kier alpha value is -3.81. The molecule has 1 saturated carbocycles. The van der Waals surface area contributed by atoms with E-state index in [1.807, 2.05) is 24.3 Å². The summed E-state index contributed by atoms with van der Waals surface area (Å²) in [5.41, 5.74) is 8.44. The molecule has 1 aliphatic carbocycles. The van der Waals surface area contributed by atoms with Gasteiger partial charge in [0.15, 0.2) is 0 Å². The number of nitrogens with two attached hydrogens (primary N) is 1. The Morgan fingerprint density at radius 2 is 1.79 bits per heavy atom. The first kappa shape index (κ1) is 34.5. The van der Waals surface area contributed by atoms with Gasteiger partial charge >= 0.3 is 5.97 Å². The second kappa shape index (κ2) is 17.9. The predicted molar refractivity (Wildman–Crippen MR) is 184 cm³/mol. The SMILES string of the molecule is N[C@@H](CCC(=O)N1CCC(Nc2nc(NCc3cc(CCCNCCCNC4CCCCC4)n[nH]3)nc3ccccc23)CC1)C(=O)O. The number of H-pyrrole nitrogens is 1. The number of carboxylic acids is 1. The minimum Gasteiger partial charge on any atom is -0.480 e. The first-order valence-electron chi connectivity index (χ1n) is 17.4. The van der Waals surface area contributed by atoms with Gasteiger partial charge in [-0.2, -0.15) is 10.1 Å². The van der Waals surface area contributed by atoms with Crippen molar-refractivity contribution in [2.24, 2.45) is 5.73 Å². The molecule has 3 aromatic rings. The van der Waals surface area contributed by atoms with Crippen molar-refractivity contribution in [3.05, 3.63) is 41.7 Å². The zero-order chi connectivity index (χ0) is 32.8. The van der Waals surface area contributed by atoms with Crippen LogP contribution in [0.3, 0.4) is 0 Å². The Bertz CT molecular complexity index is 1420. The number of amides is 1. The average molecular weight is 649 g/mol. The number of carbonyl (C=O) groups excluding carboxylic acids is 1. The van der Waals surface area contributed by atoms with Crippen LogP contribution < -0.4 is 27.0 Å². The monoisotopic (exact) mass is 648 g/mol. The third-order valence-corrected chi connectivity index (χ3v) is 9.25. The number of aromatic amines is 1. The van der Waals surface area contributed by atoms with Crippen LogP contribution in [-0.2, 0) is 22.6 Å². The maximum Gasteiger partial charge on any atom is 0.320 e. The third kappa shape index (κ3) is 10.9. The number of likely N-dealkylation sites (tertiary alicyclic amines) is 1. The Kier molecular flexibility index (Phi) is 13.2. The van der Waals surface area contributed by atoms with E-state index in [1.54, 1.807) is 4.90 Å². The van der Waals surface area contributed by atoms with Gasteiger partial charge < -0.3 is 37.0 Å². The lowest BCUT2D eigenvalue weighted by Crippen LogP contribution is -2.43. The largest absolute Gasteiger partial charge is 0.480 e. The van der Waals surface area contributed by atoms with Gasteiger partial charge in [-0.3, -0.25) is 14.7 Å². The van der Waals surface area contributed by atoms with E-state index in [0.29, 0.717) is 25.6 Å². The van der Waals surface area contributed by atoms with Crippen LogP contribution in [-0.4, -0.2) is 92.9 Å². The number of aromatic nitrogens is 4. The van der Waals surface area contributed by atoms with E-state index in [1.165, 1.54) is 32.1 Å². The Morgan fingerprint density at radius 1 is 1.00 bits per heavy atom. The molecule has 1 saturated heterocycles. The molecule has 2 aromatic heterocycles. The molecule has 0 bridgehead atoms. The number of nitrogens with one attached hydrogen (secondary N) is 5. The molecule has 3 heterocycles. The minimum atomic E-state index is -1.08. The fourth-order valence-corrected chi connectivity index (χ4v) is 6.44. The quantitative estimate of drug-likeness (QED) is 0.100. The number of nitrogens with zero attached hydrogens (tertiary/aromatic N) is 4. The Morgan fingerprint density at radius 3 is 2.60 bits per heavy atom. The van der Waals surface area contributed by atoms with Gasteiger partial charge in [-0.15, -0.1) is 0 Å². The molecular formula is C34H52N10O3. The van der Waals surface area contributed by atoms with Crippen LogP contribution in [0.5, 0.6) is 0 Å². The van der Waals surface area contributed by atoms with Gasteiger partial charge in [-0.05, 0) is 89.2 Å². The minimum absolute atomic E-state index is 0.0502. The number of aryl methyl sites for hydroxylation is 1. The van der Waals surface area contributed by atoms with Crippen LogP contribution in [0.1, 0.15) is 82.0 Å². The van der Waals surface area contributed by atoms with Crippen molar-refractivity contribution in [3.8, 4) is 0 Å². The summed E-state index contributed by atoms with van der Waals surface area (Å²) in [5.74, 6) is 0.165. The van der Waals surface area contributed by atoms with Crippen molar-refractivity contribution in [1.82, 2.24) is 35.7 Å². The standard InChI is InChI=1S/C34H52N10O3/c35-29(33(46)47)13-14-31(45)44-20-15-25(16-21-44)39-32-28-11-4-5-12-30(28)40-34(41-32)38-23-27-22-26(42-43-27)10-6-17-36-18-7-19-37-24-8-2-1-3-9-24/h4-5,11-12,22,24-25,29,36-37H,1-3,6-10,13-21,23,35H2,(H,42,43)(H,46,47)(H2,38,39,40,41)/t29-/m0/s1. The molecule has 1 atom stereocenters. The van der Waals surface area contributed by atoms with Crippen molar-refractivity contribution < 1.29 is 14.7 Å². The Labute approximate surface area is 277 Å². The fourth-order valence-electron chi connectivity index (χ4n) is 6.44. The van der Waals surface area contributed by atoms with Crippen molar-refractivity contribution in [2.75, 3.05) is 43.4 Å². The molecule has 1 aromatic carbocycles. The maximum absolute atomic E-state index is 12.6. The zero-order valence-electron chi connectivity index (χ0n) is 27.5. The number of piperidine rings is 1. The molecule has 1 amide bonds. The molecule has 8 N–H and O–H groups in total. The van der Waals surface area contributed by atoms with Crippen LogP contribution in [0.15, 0.2) is 30.3 Å². The molecule has 2 fully saturated rings. The van der Waals surface area contributed by atoms with E-state index in [0.717, 1.165) is 85.9 Å². The molecule has 13 heteroatoms. The highest BCUT2D eigenvalue weighted by Crippen LogP contribution is 2.25. The van der Waals surface area contributed by atoms with Gasteiger partial charge in [-0.25, -0.2) is 4.98 Å². The van der Waals surface area contributed by atoms with Crippen LogP contribution in [0, 0.1) is 0 Å².